The Morgan fingerprint density at radius 1 is 1.17 bits per heavy atom. The largest absolute Gasteiger partial charge is 0.308 e. The molecule has 0 aliphatic heterocycles. The van der Waals surface area contributed by atoms with Gasteiger partial charge in [-0.15, -0.1) is 12.4 Å². The van der Waals surface area contributed by atoms with E-state index in [9.17, 15) is 8.42 Å². The maximum absolute atomic E-state index is 10.6. The van der Waals surface area contributed by atoms with Gasteiger partial charge in [-0.3, -0.25) is 0 Å². The molecule has 0 atom stereocenters. The summed E-state index contributed by atoms with van der Waals surface area (Å²) in [6.07, 6.45) is 0. The molecule has 4 nitrogen and oxygen atoms in total. The molecule has 12 heavy (non-hydrogen) atoms. The normalized spacial score (nSPS) is 11.8. The zero-order valence-electron chi connectivity index (χ0n) is 7.32. The Bertz CT molecular complexity index is 205. The number of hydrogen-bond acceptors (Lipinski definition) is 3. The van der Waals surface area contributed by atoms with E-state index in [0.717, 1.165) is 4.31 Å². The Morgan fingerprint density at radius 3 is 1.83 bits per heavy atom. The molecule has 0 aliphatic rings. The van der Waals surface area contributed by atoms with Crippen molar-refractivity contribution in [3.8, 4) is 0 Å². The van der Waals surface area contributed by atoms with E-state index in [2.05, 4.69) is 0 Å². The van der Waals surface area contributed by atoms with Crippen LogP contribution >= 0.6 is 23.1 Å². The van der Waals surface area contributed by atoms with Gasteiger partial charge in [-0.1, -0.05) is 0 Å². The average molecular weight is 237 g/mol. The summed E-state index contributed by atoms with van der Waals surface area (Å²) in [6, 6.07) is 0. The molecule has 0 fully saturated rings. The van der Waals surface area contributed by atoms with Crippen molar-refractivity contribution in [2.75, 3.05) is 34.2 Å². The molecule has 0 aromatic heterocycles. The van der Waals surface area contributed by atoms with Gasteiger partial charge in [0.15, 0.2) is 0 Å². The van der Waals surface area contributed by atoms with E-state index in [1.54, 1.807) is 0 Å². The van der Waals surface area contributed by atoms with E-state index in [0.29, 0.717) is 13.1 Å². The lowest BCUT2D eigenvalue weighted by Crippen LogP contribution is -2.30. The molecule has 0 aliphatic carbocycles. The predicted molar refractivity (Wildman–Crippen MR) is 53.2 cm³/mol. The second-order valence-electron chi connectivity index (χ2n) is 2.57. The van der Waals surface area contributed by atoms with Gasteiger partial charge in [0.25, 0.3) is 9.24 Å². The fourth-order valence-electron chi connectivity index (χ4n) is 0.450. The van der Waals surface area contributed by atoms with Crippen molar-refractivity contribution in [2.45, 2.75) is 0 Å². The summed E-state index contributed by atoms with van der Waals surface area (Å²) in [5.41, 5.74) is 0. The van der Waals surface area contributed by atoms with Crippen molar-refractivity contribution < 1.29 is 8.42 Å². The van der Waals surface area contributed by atoms with E-state index < -0.39 is 9.24 Å². The minimum absolute atomic E-state index is 0. The fraction of sp³-hybridized carbons (Fsp3) is 1.00. The van der Waals surface area contributed by atoms with Crippen molar-refractivity contribution >= 4 is 32.3 Å². The molecule has 0 aromatic rings. The second kappa shape index (κ2) is 5.99. The number of hydrogen-bond donors (Lipinski definition) is 0. The highest BCUT2D eigenvalue weighted by atomic mass is 35.7. The third-order valence-electron chi connectivity index (χ3n) is 1.23. The molecule has 0 bridgehead atoms. The third kappa shape index (κ3) is 7.12. The van der Waals surface area contributed by atoms with Crippen LogP contribution in [0, 0.1) is 0 Å². The monoisotopic (exact) mass is 236 g/mol. The van der Waals surface area contributed by atoms with Crippen LogP contribution in [0.5, 0.6) is 0 Å². The van der Waals surface area contributed by atoms with E-state index in [4.69, 9.17) is 10.7 Å². The molecule has 0 saturated carbocycles. The van der Waals surface area contributed by atoms with Gasteiger partial charge in [-0.05, 0) is 14.1 Å². The van der Waals surface area contributed by atoms with Crippen LogP contribution in [0.15, 0.2) is 0 Å². The minimum atomic E-state index is -3.52. The van der Waals surface area contributed by atoms with E-state index >= 15 is 0 Å². The van der Waals surface area contributed by atoms with Gasteiger partial charge < -0.3 is 4.90 Å². The van der Waals surface area contributed by atoms with Crippen LogP contribution in [-0.2, 0) is 9.24 Å². The maximum Gasteiger partial charge on any atom is 0.299 e. The predicted octanol–water partition coefficient (Wildman–Crippen LogP) is 0.385. The van der Waals surface area contributed by atoms with Gasteiger partial charge in [0.2, 0.25) is 0 Å². The van der Waals surface area contributed by atoms with Crippen LogP contribution in [-0.4, -0.2) is 51.9 Å². The third-order valence-corrected chi connectivity index (χ3v) is 2.87. The van der Waals surface area contributed by atoms with Crippen LogP contribution in [0.2, 0.25) is 0 Å². The summed E-state index contributed by atoms with van der Waals surface area (Å²) in [4.78, 5) is 1.89. The highest BCUT2D eigenvalue weighted by Crippen LogP contribution is 2.01. The van der Waals surface area contributed by atoms with Gasteiger partial charge in [-0.2, -0.15) is 12.7 Å². The molecule has 7 heteroatoms. The average Bonchev–Trinajstić information content (AvgIpc) is 1.80. The lowest BCUT2D eigenvalue weighted by atomic mass is 10.6. The van der Waals surface area contributed by atoms with Crippen molar-refractivity contribution in [3.05, 3.63) is 0 Å². The summed E-state index contributed by atoms with van der Waals surface area (Å²) in [6.45, 7) is 1.08. The van der Waals surface area contributed by atoms with Crippen LogP contribution in [0.4, 0.5) is 0 Å². The Labute approximate surface area is 84.4 Å². The molecular weight excluding hydrogens is 223 g/mol. The van der Waals surface area contributed by atoms with Crippen molar-refractivity contribution in [1.82, 2.24) is 9.21 Å². The molecule has 0 heterocycles. The second-order valence-corrected chi connectivity index (χ2v) is 5.18. The summed E-state index contributed by atoms with van der Waals surface area (Å²) in [5.74, 6) is 0. The summed E-state index contributed by atoms with van der Waals surface area (Å²) >= 11 is 0. The Kier molecular flexibility index (Phi) is 7.46. The van der Waals surface area contributed by atoms with E-state index in [-0.39, 0.29) is 12.4 Å². The van der Waals surface area contributed by atoms with Crippen LogP contribution in [0.25, 0.3) is 0 Å². The molecule has 0 spiro atoms. The molecule has 0 rings (SSSR count). The zero-order chi connectivity index (χ0) is 9.07. The molecule has 0 unspecified atom stereocenters. The summed E-state index contributed by atoms with van der Waals surface area (Å²) < 4.78 is 22.3. The van der Waals surface area contributed by atoms with Gasteiger partial charge >= 0.3 is 0 Å². The molecule has 0 saturated heterocycles. The Hall–Kier alpha value is 0.450. The van der Waals surface area contributed by atoms with Gasteiger partial charge in [0, 0.05) is 30.8 Å². The number of likely N-dealkylation sites (N-methyl/N-ethyl adjacent to an activating group) is 2. The first-order valence-electron chi connectivity index (χ1n) is 3.14. The standard InChI is InChI=1S/C5H13ClN2O2S.ClH/c1-7(2)4-5-8(3)11(6,9)10;/h4-5H2,1-3H3;1H. The molecule has 0 amide bonds. The Balaban J connectivity index is 0. The quantitative estimate of drug-likeness (QED) is 0.664. The molecular formula is C5H14Cl2N2O2S. The zero-order valence-corrected chi connectivity index (χ0v) is 9.71. The molecule has 76 valence electrons. The topological polar surface area (TPSA) is 40.6 Å². The first-order valence-corrected chi connectivity index (χ1v) is 5.41. The van der Waals surface area contributed by atoms with Crippen molar-refractivity contribution in [2.24, 2.45) is 0 Å². The number of rotatable bonds is 4. The molecule has 0 radical (unpaired) electrons. The van der Waals surface area contributed by atoms with Gasteiger partial charge in [0.1, 0.15) is 0 Å². The lowest BCUT2D eigenvalue weighted by Gasteiger charge is -2.15. The van der Waals surface area contributed by atoms with Crippen LogP contribution in [0.3, 0.4) is 0 Å². The first kappa shape index (κ1) is 14.9. The molecule has 0 aromatic carbocycles. The van der Waals surface area contributed by atoms with Gasteiger partial charge in [-0.25, -0.2) is 0 Å². The van der Waals surface area contributed by atoms with Gasteiger partial charge in [0.05, 0.1) is 0 Å². The Morgan fingerprint density at radius 2 is 1.58 bits per heavy atom. The van der Waals surface area contributed by atoms with E-state index in [1.165, 1.54) is 7.05 Å². The van der Waals surface area contributed by atoms with Crippen molar-refractivity contribution in [1.29, 1.82) is 0 Å². The highest BCUT2D eigenvalue weighted by molar-refractivity contribution is 8.11. The van der Waals surface area contributed by atoms with Crippen LogP contribution in [0.1, 0.15) is 0 Å². The minimum Gasteiger partial charge on any atom is -0.308 e. The lowest BCUT2D eigenvalue weighted by molar-refractivity contribution is 0.361. The smallest absolute Gasteiger partial charge is 0.299 e. The highest BCUT2D eigenvalue weighted by Gasteiger charge is 2.12. The first-order chi connectivity index (χ1) is 4.84. The van der Waals surface area contributed by atoms with E-state index in [1.807, 2.05) is 19.0 Å². The fourth-order valence-corrected chi connectivity index (χ4v) is 0.957. The maximum atomic E-state index is 10.6. The number of nitrogens with zero attached hydrogens (tertiary/aromatic N) is 2. The summed E-state index contributed by atoms with van der Waals surface area (Å²) in [5, 5.41) is 0. The summed E-state index contributed by atoms with van der Waals surface area (Å²) in [7, 11) is 6.72. The SMILES string of the molecule is CN(C)CCN(C)S(=O)(=O)Cl.Cl. The molecule has 0 N–H and O–H groups in total. The van der Waals surface area contributed by atoms with Crippen molar-refractivity contribution in [3.63, 3.8) is 0 Å². The van der Waals surface area contributed by atoms with Crippen LogP contribution < -0.4 is 0 Å². The number of halogens is 2.